The summed E-state index contributed by atoms with van der Waals surface area (Å²) in [5, 5.41) is 0. The maximum absolute atomic E-state index is 11.9. The first kappa shape index (κ1) is 13.4. The fourth-order valence-corrected chi connectivity index (χ4v) is 2.02. The third-order valence-corrected chi connectivity index (χ3v) is 3.09. The lowest BCUT2D eigenvalue weighted by Gasteiger charge is -2.05. The summed E-state index contributed by atoms with van der Waals surface area (Å²) >= 11 is 4.97. The van der Waals surface area contributed by atoms with Crippen molar-refractivity contribution in [1.82, 2.24) is 9.97 Å². The van der Waals surface area contributed by atoms with Crippen molar-refractivity contribution in [1.29, 1.82) is 0 Å². The normalized spacial score (nSPS) is 10.7. The van der Waals surface area contributed by atoms with Crippen molar-refractivity contribution < 1.29 is 0 Å². The topological polar surface area (TPSA) is 65.7 Å². The van der Waals surface area contributed by atoms with Gasteiger partial charge in [0.05, 0.1) is 0 Å². The van der Waals surface area contributed by atoms with E-state index in [0.717, 1.165) is 5.56 Å². The Hall–Kier alpha value is -2.01. The van der Waals surface area contributed by atoms with E-state index in [2.05, 4.69) is 23.8 Å². The molecule has 0 saturated heterocycles. The molecular weight excluding hydrogens is 260 g/mol. The molecule has 19 heavy (non-hydrogen) atoms. The van der Waals surface area contributed by atoms with Crippen molar-refractivity contribution in [2.45, 2.75) is 19.8 Å². The number of hydrogen-bond acceptors (Lipinski definition) is 3. The van der Waals surface area contributed by atoms with E-state index in [9.17, 15) is 9.59 Å². The van der Waals surface area contributed by atoms with E-state index in [-0.39, 0.29) is 4.64 Å². The van der Waals surface area contributed by atoms with Gasteiger partial charge in [-0.2, -0.15) is 0 Å². The summed E-state index contributed by atoms with van der Waals surface area (Å²) in [6, 6.07) is 9.16. The van der Waals surface area contributed by atoms with Gasteiger partial charge in [0.15, 0.2) is 0 Å². The number of benzene rings is 1. The highest BCUT2D eigenvalue weighted by Crippen LogP contribution is 2.19. The molecule has 4 nitrogen and oxygen atoms in total. The summed E-state index contributed by atoms with van der Waals surface area (Å²) in [4.78, 5) is 27.7. The van der Waals surface area contributed by atoms with Crippen LogP contribution in [0.4, 0.5) is 0 Å². The molecule has 5 heteroatoms. The van der Waals surface area contributed by atoms with Gasteiger partial charge in [0.1, 0.15) is 4.64 Å². The van der Waals surface area contributed by atoms with Gasteiger partial charge in [0, 0.05) is 5.56 Å². The fraction of sp³-hybridized carbons (Fsp3) is 0.214. The van der Waals surface area contributed by atoms with Crippen LogP contribution in [0.2, 0.25) is 0 Å². The minimum atomic E-state index is -0.597. The van der Waals surface area contributed by atoms with Crippen LogP contribution in [0.25, 0.3) is 11.1 Å². The Balaban J connectivity index is 2.63. The van der Waals surface area contributed by atoms with Gasteiger partial charge >= 0.3 is 5.69 Å². The van der Waals surface area contributed by atoms with Gasteiger partial charge in [-0.3, -0.25) is 14.8 Å². The van der Waals surface area contributed by atoms with Crippen LogP contribution in [0.15, 0.2) is 39.9 Å². The lowest BCUT2D eigenvalue weighted by Crippen LogP contribution is -2.16. The molecule has 0 aliphatic rings. The maximum atomic E-state index is 11.9. The van der Waals surface area contributed by atoms with Gasteiger partial charge in [-0.05, 0) is 23.1 Å². The summed E-state index contributed by atoms with van der Waals surface area (Å²) in [5.41, 5.74) is 1.27. The van der Waals surface area contributed by atoms with Crippen LogP contribution < -0.4 is 11.2 Å². The molecule has 0 spiro atoms. The van der Waals surface area contributed by atoms with Crippen molar-refractivity contribution in [2.24, 2.45) is 0 Å². The SMILES string of the molecule is CC(C)c1ccc(-c2cc(=S)[nH]c(=O)[nH]c2=O)cc1. The molecule has 2 rings (SSSR count). The number of hydrogen-bond donors (Lipinski definition) is 2. The Morgan fingerprint density at radius 1 is 1.05 bits per heavy atom. The van der Waals surface area contributed by atoms with Crippen molar-refractivity contribution in [3.63, 3.8) is 0 Å². The minimum Gasteiger partial charge on any atom is -0.298 e. The monoisotopic (exact) mass is 274 g/mol. The molecule has 0 unspecified atom stereocenters. The Morgan fingerprint density at radius 2 is 1.68 bits per heavy atom. The number of nitrogens with one attached hydrogen (secondary N) is 2. The molecule has 0 amide bonds. The zero-order chi connectivity index (χ0) is 14.0. The van der Waals surface area contributed by atoms with Crippen molar-refractivity contribution in [3.05, 3.63) is 61.4 Å². The van der Waals surface area contributed by atoms with Crippen LogP contribution in [-0.2, 0) is 0 Å². The molecule has 2 aromatic rings. The first-order valence-corrected chi connectivity index (χ1v) is 6.36. The minimum absolute atomic E-state index is 0.228. The lowest BCUT2D eigenvalue weighted by atomic mass is 10.00. The number of aromatic amines is 2. The number of H-pyrrole nitrogens is 2. The van der Waals surface area contributed by atoms with E-state index in [1.807, 2.05) is 24.3 Å². The first-order valence-electron chi connectivity index (χ1n) is 5.95. The van der Waals surface area contributed by atoms with Crippen LogP contribution in [0.5, 0.6) is 0 Å². The van der Waals surface area contributed by atoms with Crippen LogP contribution >= 0.6 is 12.2 Å². The first-order chi connectivity index (χ1) is 8.97. The molecule has 0 atom stereocenters. The molecule has 1 aromatic heterocycles. The molecule has 1 heterocycles. The predicted octanol–water partition coefficient (Wildman–Crippen LogP) is 2.58. The number of aromatic nitrogens is 2. The molecule has 1 aromatic carbocycles. The van der Waals surface area contributed by atoms with Crippen molar-refractivity contribution in [2.75, 3.05) is 0 Å². The van der Waals surface area contributed by atoms with Crippen molar-refractivity contribution >= 4 is 12.2 Å². The van der Waals surface area contributed by atoms with E-state index in [1.54, 1.807) is 0 Å². The maximum Gasteiger partial charge on any atom is 0.326 e. The van der Waals surface area contributed by atoms with Crippen LogP contribution in [-0.4, -0.2) is 9.97 Å². The van der Waals surface area contributed by atoms with E-state index in [0.29, 0.717) is 11.5 Å². The zero-order valence-electron chi connectivity index (χ0n) is 10.7. The highest BCUT2D eigenvalue weighted by molar-refractivity contribution is 7.71. The van der Waals surface area contributed by atoms with Gasteiger partial charge in [-0.1, -0.05) is 50.3 Å². The van der Waals surface area contributed by atoms with E-state index < -0.39 is 11.2 Å². The largest absolute Gasteiger partial charge is 0.326 e. The molecule has 0 aliphatic carbocycles. The third kappa shape index (κ3) is 3.06. The Kier molecular flexibility index (Phi) is 3.76. The Bertz CT molecular complexity index is 758. The average molecular weight is 274 g/mol. The highest BCUT2D eigenvalue weighted by Gasteiger charge is 2.04. The zero-order valence-corrected chi connectivity index (χ0v) is 11.5. The molecule has 0 fully saturated rings. The quantitative estimate of drug-likeness (QED) is 0.827. The number of rotatable bonds is 2. The molecule has 0 bridgehead atoms. The second-order valence-electron chi connectivity index (χ2n) is 4.61. The standard InChI is InChI=1S/C14H14N2O2S/c1-8(2)9-3-5-10(6-4-9)11-7-12(19)15-14(18)16-13(11)17/h3-8H,1-2H3,(H2,15,16,17,18,19). The molecule has 0 saturated carbocycles. The molecule has 2 N–H and O–H groups in total. The van der Waals surface area contributed by atoms with Gasteiger partial charge < -0.3 is 0 Å². The van der Waals surface area contributed by atoms with E-state index >= 15 is 0 Å². The third-order valence-electron chi connectivity index (χ3n) is 2.87. The smallest absolute Gasteiger partial charge is 0.298 e. The van der Waals surface area contributed by atoms with Crippen LogP contribution in [0, 0.1) is 4.64 Å². The molecular formula is C14H14N2O2S. The molecule has 0 aliphatic heterocycles. The molecule has 0 radical (unpaired) electrons. The average Bonchev–Trinajstić information content (AvgIpc) is 2.47. The fourth-order valence-electron chi connectivity index (χ4n) is 1.81. The van der Waals surface area contributed by atoms with E-state index in [4.69, 9.17) is 12.2 Å². The van der Waals surface area contributed by atoms with Crippen LogP contribution in [0.1, 0.15) is 25.3 Å². The summed E-state index contributed by atoms with van der Waals surface area (Å²) < 4.78 is 0.228. The van der Waals surface area contributed by atoms with Gasteiger partial charge in [0.2, 0.25) is 0 Å². The summed E-state index contributed by atoms with van der Waals surface area (Å²) in [6.07, 6.45) is 0. The van der Waals surface area contributed by atoms with Gasteiger partial charge in [0.25, 0.3) is 5.56 Å². The van der Waals surface area contributed by atoms with E-state index in [1.165, 1.54) is 11.6 Å². The molecule has 98 valence electrons. The predicted molar refractivity (Wildman–Crippen MR) is 78.0 cm³/mol. The lowest BCUT2D eigenvalue weighted by molar-refractivity contribution is 0.867. The second kappa shape index (κ2) is 5.32. The summed E-state index contributed by atoms with van der Waals surface area (Å²) in [6.45, 7) is 4.20. The Morgan fingerprint density at radius 3 is 2.26 bits per heavy atom. The second-order valence-corrected chi connectivity index (χ2v) is 5.05. The summed E-state index contributed by atoms with van der Waals surface area (Å²) in [7, 11) is 0. The highest BCUT2D eigenvalue weighted by atomic mass is 32.1. The van der Waals surface area contributed by atoms with Crippen molar-refractivity contribution in [3.8, 4) is 11.1 Å². The van der Waals surface area contributed by atoms with Gasteiger partial charge in [-0.25, -0.2) is 4.79 Å². The Labute approximate surface area is 115 Å². The summed E-state index contributed by atoms with van der Waals surface area (Å²) in [5.74, 6) is 0.426. The van der Waals surface area contributed by atoms with Gasteiger partial charge in [-0.15, -0.1) is 0 Å². The van der Waals surface area contributed by atoms with Crippen LogP contribution in [0.3, 0.4) is 0 Å².